The average Bonchev–Trinajstić information content (AvgIpc) is 2.95. The Hall–Kier alpha value is -1.61. The van der Waals surface area contributed by atoms with Crippen LogP contribution in [0, 0.1) is 5.92 Å². The van der Waals surface area contributed by atoms with Crippen LogP contribution in [-0.4, -0.2) is 22.6 Å². The molecule has 3 nitrogen and oxygen atoms in total. The summed E-state index contributed by atoms with van der Waals surface area (Å²) in [6.07, 6.45) is 9.48. The van der Waals surface area contributed by atoms with E-state index < -0.39 is 0 Å². The summed E-state index contributed by atoms with van der Waals surface area (Å²) in [7, 11) is 0. The molecule has 0 saturated carbocycles. The topological polar surface area (TPSA) is 29.9 Å². The number of hydrogen-bond acceptors (Lipinski definition) is 2. The standard InChI is InChI=1S/C15H19N3/c1-2-14(11-16-7-1)10-13-3-5-15(6-4-13)18-9-8-17-12-18/h3-6,8-9,12,14,16H,1-2,7,10-11H2. The van der Waals surface area contributed by atoms with Crippen molar-refractivity contribution in [1.29, 1.82) is 0 Å². The molecule has 1 N–H and O–H groups in total. The van der Waals surface area contributed by atoms with Crippen LogP contribution in [0.2, 0.25) is 0 Å². The Labute approximate surface area is 108 Å². The van der Waals surface area contributed by atoms with Gasteiger partial charge in [0.25, 0.3) is 0 Å². The monoisotopic (exact) mass is 241 g/mol. The molecule has 0 bridgehead atoms. The Morgan fingerprint density at radius 1 is 1.28 bits per heavy atom. The van der Waals surface area contributed by atoms with E-state index in [0.717, 1.165) is 5.92 Å². The van der Waals surface area contributed by atoms with E-state index in [-0.39, 0.29) is 0 Å². The molecule has 1 atom stereocenters. The first-order valence-corrected chi connectivity index (χ1v) is 6.70. The lowest BCUT2D eigenvalue weighted by Gasteiger charge is -2.22. The molecule has 18 heavy (non-hydrogen) atoms. The van der Waals surface area contributed by atoms with Gasteiger partial charge in [-0.1, -0.05) is 12.1 Å². The summed E-state index contributed by atoms with van der Waals surface area (Å²) in [6, 6.07) is 8.83. The number of piperidine rings is 1. The van der Waals surface area contributed by atoms with Crippen LogP contribution in [0.1, 0.15) is 18.4 Å². The number of rotatable bonds is 3. The second-order valence-corrected chi connectivity index (χ2v) is 5.05. The van der Waals surface area contributed by atoms with E-state index in [2.05, 4.69) is 34.6 Å². The molecule has 2 aromatic rings. The van der Waals surface area contributed by atoms with Crippen molar-refractivity contribution in [1.82, 2.24) is 14.9 Å². The number of aromatic nitrogens is 2. The molecule has 1 aromatic heterocycles. The molecule has 1 fully saturated rings. The molecular weight excluding hydrogens is 222 g/mol. The maximum atomic E-state index is 4.07. The summed E-state index contributed by atoms with van der Waals surface area (Å²) < 4.78 is 2.03. The van der Waals surface area contributed by atoms with Crippen molar-refractivity contribution in [3.8, 4) is 5.69 Å². The van der Waals surface area contributed by atoms with Gasteiger partial charge in [-0.15, -0.1) is 0 Å². The first kappa shape index (κ1) is 11.5. The molecule has 1 unspecified atom stereocenters. The number of imidazole rings is 1. The third kappa shape index (κ3) is 2.62. The zero-order valence-electron chi connectivity index (χ0n) is 10.5. The van der Waals surface area contributed by atoms with E-state index in [1.54, 1.807) is 0 Å². The van der Waals surface area contributed by atoms with Gasteiger partial charge in [0.1, 0.15) is 0 Å². The van der Waals surface area contributed by atoms with Crippen LogP contribution in [-0.2, 0) is 6.42 Å². The van der Waals surface area contributed by atoms with Gasteiger partial charge in [-0.3, -0.25) is 0 Å². The van der Waals surface area contributed by atoms with Gasteiger partial charge in [0.2, 0.25) is 0 Å². The lowest BCUT2D eigenvalue weighted by Crippen LogP contribution is -2.30. The normalized spacial score (nSPS) is 19.9. The van der Waals surface area contributed by atoms with Gasteiger partial charge in [-0.05, 0) is 56.0 Å². The van der Waals surface area contributed by atoms with Crippen LogP contribution in [0.25, 0.3) is 5.69 Å². The lowest BCUT2D eigenvalue weighted by molar-refractivity contribution is 0.376. The van der Waals surface area contributed by atoms with Crippen molar-refractivity contribution in [3.05, 3.63) is 48.5 Å². The number of hydrogen-bond donors (Lipinski definition) is 1. The predicted octanol–water partition coefficient (Wildman–Crippen LogP) is 2.41. The Bertz CT molecular complexity index is 467. The minimum Gasteiger partial charge on any atom is -0.316 e. The molecule has 2 heterocycles. The van der Waals surface area contributed by atoms with Gasteiger partial charge in [-0.2, -0.15) is 0 Å². The van der Waals surface area contributed by atoms with Crippen LogP contribution in [0.5, 0.6) is 0 Å². The van der Waals surface area contributed by atoms with E-state index in [4.69, 9.17) is 0 Å². The summed E-state index contributed by atoms with van der Waals surface area (Å²) >= 11 is 0. The first-order valence-electron chi connectivity index (χ1n) is 6.70. The summed E-state index contributed by atoms with van der Waals surface area (Å²) in [5.74, 6) is 0.804. The molecule has 0 amide bonds. The Morgan fingerprint density at radius 2 is 2.17 bits per heavy atom. The Kier molecular flexibility index (Phi) is 3.42. The van der Waals surface area contributed by atoms with Crippen LogP contribution in [0.15, 0.2) is 43.0 Å². The fraction of sp³-hybridized carbons (Fsp3) is 0.400. The first-order chi connectivity index (χ1) is 8.92. The molecular formula is C15H19N3. The van der Waals surface area contributed by atoms with Crippen molar-refractivity contribution >= 4 is 0 Å². The highest BCUT2D eigenvalue weighted by molar-refractivity contribution is 5.34. The fourth-order valence-corrected chi connectivity index (χ4v) is 2.65. The highest BCUT2D eigenvalue weighted by Gasteiger charge is 2.13. The van der Waals surface area contributed by atoms with Crippen molar-refractivity contribution in [3.63, 3.8) is 0 Å². The summed E-state index contributed by atoms with van der Waals surface area (Å²) in [5, 5.41) is 3.48. The molecule has 94 valence electrons. The molecule has 3 rings (SSSR count). The van der Waals surface area contributed by atoms with E-state index in [9.17, 15) is 0 Å². The molecule has 1 aliphatic rings. The van der Waals surface area contributed by atoms with Gasteiger partial charge in [0.05, 0.1) is 6.33 Å². The second kappa shape index (κ2) is 5.36. The summed E-state index contributed by atoms with van der Waals surface area (Å²) in [5.41, 5.74) is 2.62. The van der Waals surface area contributed by atoms with Crippen molar-refractivity contribution < 1.29 is 0 Å². The number of benzene rings is 1. The van der Waals surface area contributed by atoms with Crippen LogP contribution in [0.3, 0.4) is 0 Å². The zero-order valence-corrected chi connectivity index (χ0v) is 10.5. The lowest BCUT2D eigenvalue weighted by atomic mass is 9.92. The third-order valence-electron chi connectivity index (χ3n) is 3.66. The van der Waals surface area contributed by atoms with Gasteiger partial charge in [0.15, 0.2) is 0 Å². The van der Waals surface area contributed by atoms with E-state index >= 15 is 0 Å². The van der Waals surface area contributed by atoms with Gasteiger partial charge in [-0.25, -0.2) is 4.98 Å². The maximum Gasteiger partial charge on any atom is 0.0991 e. The number of nitrogens with zero attached hydrogens (tertiary/aromatic N) is 2. The summed E-state index contributed by atoms with van der Waals surface area (Å²) in [4.78, 5) is 4.07. The third-order valence-corrected chi connectivity index (χ3v) is 3.66. The minimum absolute atomic E-state index is 0.804. The number of nitrogens with one attached hydrogen (secondary N) is 1. The zero-order chi connectivity index (χ0) is 12.2. The SMILES string of the molecule is c1cn(-c2ccc(CC3CCCNC3)cc2)cn1. The highest BCUT2D eigenvalue weighted by Crippen LogP contribution is 2.17. The van der Waals surface area contributed by atoms with Crippen LogP contribution < -0.4 is 5.32 Å². The fourth-order valence-electron chi connectivity index (χ4n) is 2.65. The Morgan fingerprint density at radius 3 is 2.83 bits per heavy atom. The minimum atomic E-state index is 0.804. The smallest absolute Gasteiger partial charge is 0.0991 e. The highest BCUT2D eigenvalue weighted by atomic mass is 15.0. The van der Waals surface area contributed by atoms with Crippen molar-refractivity contribution in [2.24, 2.45) is 5.92 Å². The van der Waals surface area contributed by atoms with Gasteiger partial charge < -0.3 is 9.88 Å². The van der Waals surface area contributed by atoms with Crippen molar-refractivity contribution in [2.75, 3.05) is 13.1 Å². The van der Waals surface area contributed by atoms with Crippen molar-refractivity contribution in [2.45, 2.75) is 19.3 Å². The maximum absolute atomic E-state index is 4.07. The largest absolute Gasteiger partial charge is 0.316 e. The molecule has 1 aliphatic heterocycles. The molecule has 0 aliphatic carbocycles. The molecule has 0 radical (unpaired) electrons. The summed E-state index contributed by atoms with van der Waals surface area (Å²) in [6.45, 7) is 2.36. The quantitative estimate of drug-likeness (QED) is 0.894. The van der Waals surface area contributed by atoms with E-state index in [1.807, 2.05) is 23.3 Å². The van der Waals surface area contributed by atoms with E-state index in [1.165, 1.54) is 43.6 Å². The molecule has 0 spiro atoms. The predicted molar refractivity (Wildman–Crippen MR) is 72.9 cm³/mol. The second-order valence-electron chi connectivity index (χ2n) is 5.05. The average molecular weight is 241 g/mol. The van der Waals surface area contributed by atoms with E-state index in [0.29, 0.717) is 0 Å². The van der Waals surface area contributed by atoms with Gasteiger partial charge >= 0.3 is 0 Å². The van der Waals surface area contributed by atoms with Crippen LogP contribution >= 0.6 is 0 Å². The van der Waals surface area contributed by atoms with Crippen LogP contribution in [0.4, 0.5) is 0 Å². The molecule has 1 aromatic carbocycles. The molecule has 3 heteroatoms. The molecule has 1 saturated heterocycles. The van der Waals surface area contributed by atoms with Gasteiger partial charge in [0, 0.05) is 18.1 Å². The Balaban J connectivity index is 1.67.